The van der Waals surface area contributed by atoms with Crippen LogP contribution in [0.3, 0.4) is 0 Å². The summed E-state index contributed by atoms with van der Waals surface area (Å²) in [6, 6.07) is 18.6. The molecule has 0 aromatic heterocycles. The van der Waals surface area contributed by atoms with E-state index in [9.17, 15) is 10.1 Å². The van der Waals surface area contributed by atoms with E-state index in [2.05, 4.69) is 10.8 Å². The molecule has 0 unspecified atom stereocenters. The fourth-order valence-electron chi connectivity index (χ4n) is 1.80. The van der Waals surface area contributed by atoms with Crippen molar-refractivity contribution in [1.29, 1.82) is 5.26 Å². The zero-order chi connectivity index (χ0) is 14.4. The van der Waals surface area contributed by atoms with Crippen molar-refractivity contribution < 1.29 is 9.53 Å². The van der Waals surface area contributed by atoms with Gasteiger partial charge in [-0.25, -0.2) is 4.79 Å². The van der Waals surface area contributed by atoms with Crippen LogP contribution >= 0.6 is 0 Å². The highest BCUT2D eigenvalue weighted by Crippen LogP contribution is 2.17. The van der Waals surface area contributed by atoms with Gasteiger partial charge in [0.2, 0.25) is 0 Å². The Morgan fingerprint density at radius 3 is 2.25 bits per heavy atom. The van der Waals surface area contributed by atoms with Crippen molar-refractivity contribution in [2.45, 2.75) is 0 Å². The van der Waals surface area contributed by atoms with Crippen molar-refractivity contribution in [3.63, 3.8) is 0 Å². The molecule has 2 aromatic carbocycles. The Bertz CT molecular complexity index is 664. The van der Waals surface area contributed by atoms with Crippen LogP contribution < -0.4 is 0 Å². The number of rotatable bonds is 3. The summed E-state index contributed by atoms with van der Waals surface area (Å²) in [6.45, 7) is 0. The van der Waals surface area contributed by atoms with E-state index in [0.29, 0.717) is 11.1 Å². The van der Waals surface area contributed by atoms with Crippen LogP contribution in [-0.2, 0) is 4.74 Å². The van der Waals surface area contributed by atoms with E-state index in [1.165, 1.54) is 7.11 Å². The summed E-state index contributed by atoms with van der Waals surface area (Å²) in [5.41, 5.74) is 2.80. The summed E-state index contributed by atoms with van der Waals surface area (Å²) < 4.78 is 4.64. The summed E-state index contributed by atoms with van der Waals surface area (Å²) in [4.78, 5) is 11.3. The van der Waals surface area contributed by atoms with Gasteiger partial charge in [-0.1, -0.05) is 42.5 Å². The average molecular weight is 263 g/mol. The van der Waals surface area contributed by atoms with Crippen LogP contribution in [0.1, 0.15) is 21.5 Å². The molecule has 0 saturated heterocycles. The van der Waals surface area contributed by atoms with Crippen LogP contribution in [0.5, 0.6) is 0 Å². The first-order chi connectivity index (χ1) is 9.74. The number of allylic oxidation sites excluding steroid dienone is 1. The van der Waals surface area contributed by atoms with Gasteiger partial charge in [0.05, 0.1) is 24.3 Å². The quantitative estimate of drug-likeness (QED) is 0.483. The second kappa shape index (κ2) is 6.35. The Hall–Kier alpha value is -2.86. The van der Waals surface area contributed by atoms with E-state index in [1.54, 1.807) is 30.3 Å². The lowest BCUT2D eigenvalue weighted by Crippen LogP contribution is -2.00. The van der Waals surface area contributed by atoms with Crippen LogP contribution in [0.4, 0.5) is 0 Å². The number of carbonyl (C=O) groups is 1. The molecular formula is C17H13NO2. The Morgan fingerprint density at radius 1 is 1.05 bits per heavy atom. The van der Waals surface area contributed by atoms with Gasteiger partial charge in [-0.3, -0.25) is 0 Å². The van der Waals surface area contributed by atoms with Crippen LogP contribution in [0.15, 0.2) is 54.6 Å². The summed E-state index contributed by atoms with van der Waals surface area (Å²) >= 11 is 0. The lowest BCUT2D eigenvalue weighted by atomic mass is 10.0. The number of nitriles is 1. The van der Waals surface area contributed by atoms with Gasteiger partial charge in [-0.2, -0.15) is 5.26 Å². The van der Waals surface area contributed by atoms with Crippen molar-refractivity contribution in [3.8, 4) is 6.07 Å². The van der Waals surface area contributed by atoms with Gasteiger partial charge in [0, 0.05) is 0 Å². The number of hydrogen-bond donors (Lipinski definition) is 0. The molecule has 0 saturated carbocycles. The molecule has 0 aliphatic heterocycles. The number of hydrogen-bond acceptors (Lipinski definition) is 3. The molecule has 20 heavy (non-hydrogen) atoms. The molecular weight excluding hydrogens is 250 g/mol. The van der Waals surface area contributed by atoms with Crippen LogP contribution in [0.25, 0.3) is 11.6 Å². The molecule has 3 heteroatoms. The first-order valence-electron chi connectivity index (χ1n) is 6.10. The number of ether oxygens (including phenoxy) is 1. The molecule has 0 amide bonds. The third kappa shape index (κ3) is 3.12. The highest BCUT2D eigenvalue weighted by molar-refractivity contribution is 5.91. The van der Waals surface area contributed by atoms with Crippen molar-refractivity contribution in [2.75, 3.05) is 7.11 Å². The predicted molar refractivity (Wildman–Crippen MR) is 77.7 cm³/mol. The van der Waals surface area contributed by atoms with Crippen molar-refractivity contribution >= 4 is 17.6 Å². The molecule has 0 bridgehead atoms. The predicted octanol–water partition coefficient (Wildman–Crippen LogP) is 3.54. The Balaban J connectivity index is 2.30. The highest BCUT2D eigenvalue weighted by Gasteiger charge is 2.04. The molecule has 0 spiro atoms. The van der Waals surface area contributed by atoms with Crippen molar-refractivity contribution in [2.24, 2.45) is 0 Å². The molecule has 2 aromatic rings. The average Bonchev–Trinajstić information content (AvgIpc) is 2.53. The van der Waals surface area contributed by atoms with E-state index in [0.717, 1.165) is 11.1 Å². The third-order valence-corrected chi connectivity index (χ3v) is 2.85. The first kappa shape index (κ1) is 13.6. The summed E-state index contributed by atoms with van der Waals surface area (Å²) in [5.74, 6) is -0.371. The van der Waals surface area contributed by atoms with E-state index in [-0.39, 0.29) is 5.97 Å². The molecule has 0 radical (unpaired) electrons. The van der Waals surface area contributed by atoms with Crippen LogP contribution in [0.2, 0.25) is 0 Å². The molecule has 0 aliphatic rings. The normalized spacial score (nSPS) is 10.7. The van der Waals surface area contributed by atoms with E-state index in [4.69, 9.17) is 0 Å². The Morgan fingerprint density at radius 2 is 1.70 bits per heavy atom. The van der Waals surface area contributed by atoms with Gasteiger partial charge < -0.3 is 4.74 Å². The summed E-state index contributed by atoms with van der Waals surface area (Å²) in [5, 5.41) is 9.23. The van der Waals surface area contributed by atoms with E-state index < -0.39 is 0 Å². The number of nitrogens with zero attached hydrogens (tertiary/aromatic N) is 1. The molecule has 0 aliphatic carbocycles. The molecule has 0 fully saturated rings. The maximum atomic E-state index is 11.3. The number of esters is 1. The third-order valence-electron chi connectivity index (χ3n) is 2.85. The van der Waals surface area contributed by atoms with Gasteiger partial charge >= 0.3 is 5.97 Å². The summed E-state index contributed by atoms with van der Waals surface area (Å²) in [6.07, 6.45) is 1.79. The SMILES string of the molecule is COC(=O)c1ccc(/C=C(\C#N)c2ccccc2)cc1. The van der Waals surface area contributed by atoms with Crippen LogP contribution in [-0.4, -0.2) is 13.1 Å². The molecule has 3 nitrogen and oxygen atoms in total. The van der Waals surface area contributed by atoms with Gasteiger partial charge in [0.25, 0.3) is 0 Å². The second-order valence-corrected chi connectivity index (χ2v) is 4.15. The molecule has 0 atom stereocenters. The smallest absolute Gasteiger partial charge is 0.337 e. The minimum Gasteiger partial charge on any atom is -0.465 e. The van der Waals surface area contributed by atoms with Crippen LogP contribution in [0, 0.1) is 11.3 Å². The Kier molecular flexibility index (Phi) is 4.31. The van der Waals surface area contributed by atoms with Gasteiger partial charge in [-0.05, 0) is 29.3 Å². The maximum absolute atomic E-state index is 11.3. The second-order valence-electron chi connectivity index (χ2n) is 4.15. The molecule has 0 heterocycles. The lowest BCUT2D eigenvalue weighted by Gasteiger charge is -2.01. The minimum absolute atomic E-state index is 0.371. The first-order valence-corrected chi connectivity index (χ1v) is 6.10. The largest absolute Gasteiger partial charge is 0.465 e. The topological polar surface area (TPSA) is 50.1 Å². The van der Waals surface area contributed by atoms with Gasteiger partial charge in [-0.15, -0.1) is 0 Å². The number of carbonyl (C=O) groups excluding carboxylic acids is 1. The lowest BCUT2D eigenvalue weighted by molar-refractivity contribution is 0.0601. The molecule has 0 N–H and O–H groups in total. The number of methoxy groups -OCH3 is 1. The fourth-order valence-corrected chi connectivity index (χ4v) is 1.80. The standard InChI is InChI=1S/C17H13NO2/c1-20-17(19)15-9-7-13(8-10-15)11-16(12-18)14-5-3-2-4-6-14/h2-11H,1H3/b16-11+. The van der Waals surface area contributed by atoms with Crippen molar-refractivity contribution in [3.05, 3.63) is 71.3 Å². The maximum Gasteiger partial charge on any atom is 0.337 e. The van der Waals surface area contributed by atoms with E-state index in [1.807, 2.05) is 30.3 Å². The number of benzene rings is 2. The highest BCUT2D eigenvalue weighted by atomic mass is 16.5. The molecule has 2 rings (SSSR count). The fraction of sp³-hybridized carbons (Fsp3) is 0.0588. The zero-order valence-corrected chi connectivity index (χ0v) is 11.0. The monoisotopic (exact) mass is 263 g/mol. The zero-order valence-electron chi connectivity index (χ0n) is 11.0. The van der Waals surface area contributed by atoms with Gasteiger partial charge in [0.1, 0.15) is 0 Å². The van der Waals surface area contributed by atoms with Crippen molar-refractivity contribution in [1.82, 2.24) is 0 Å². The van der Waals surface area contributed by atoms with E-state index >= 15 is 0 Å². The van der Waals surface area contributed by atoms with Gasteiger partial charge in [0.15, 0.2) is 0 Å². The molecule has 98 valence electrons. The minimum atomic E-state index is -0.371. The summed E-state index contributed by atoms with van der Waals surface area (Å²) in [7, 11) is 1.35. The Labute approximate surface area is 117 Å².